The summed E-state index contributed by atoms with van der Waals surface area (Å²) in [6.07, 6.45) is 0.166. The van der Waals surface area contributed by atoms with Crippen molar-refractivity contribution >= 4 is 54.8 Å². The molecule has 0 saturated heterocycles. The van der Waals surface area contributed by atoms with Gasteiger partial charge in [-0.25, -0.2) is 4.98 Å². The van der Waals surface area contributed by atoms with Gasteiger partial charge in [0.2, 0.25) is 11.8 Å². The Hall–Kier alpha value is -1.44. The van der Waals surface area contributed by atoms with Gasteiger partial charge in [0.15, 0.2) is 0 Å². The third-order valence-corrected chi connectivity index (χ3v) is 5.20. The number of amides is 1. The number of oxazole rings is 1. The number of carbonyl (C=O) groups is 1. The Balaban J connectivity index is 1.74. The molecule has 0 saturated carbocycles. The number of aromatic nitrogens is 1. The van der Waals surface area contributed by atoms with Gasteiger partial charge in [0.1, 0.15) is 5.76 Å². The molecule has 0 atom stereocenters. The average Bonchev–Trinajstić information content (AvgIpc) is 3.13. The Bertz CT molecular complexity index is 844. The molecule has 0 aliphatic heterocycles. The van der Waals surface area contributed by atoms with E-state index in [9.17, 15) is 4.79 Å². The lowest BCUT2D eigenvalue weighted by atomic mass is 10.2. The van der Waals surface area contributed by atoms with E-state index in [1.54, 1.807) is 11.3 Å². The molecule has 1 amide bonds. The Morgan fingerprint density at radius 2 is 2.17 bits per heavy atom. The van der Waals surface area contributed by atoms with E-state index in [1.165, 1.54) is 0 Å². The van der Waals surface area contributed by atoms with Crippen LogP contribution in [-0.2, 0) is 11.2 Å². The van der Waals surface area contributed by atoms with Crippen LogP contribution >= 0.6 is 43.2 Å². The monoisotopic (exact) mass is 454 g/mol. The topological polar surface area (TPSA) is 55.1 Å². The SMILES string of the molecule is Cc1oc(-c2cccs2)nc1CC(=O)Nc1cc(Br)ccc1Br. The molecule has 2 heterocycles. The number of benzene rings is 1. The highest BCUT2D eigenvalue weighted by atomic mass is 79.9. The maximum atomic E-state index is 12.3. The van der Waals surface area contributed by atoms with Crippen molar-refractivity contribution in [2.75, 3.05) is 5.32 Å². The molecule has 118 valence electrons. The lowest BCUT2D eigenvalue weighted by molar-refractivity contribution is -0.115. The minimum atomic E-state index is -0.141. The van der Waals surface area contributed by atoms with Crippen LogP contribution in [0.1, 0.15) is 11.5 Å². The molecule has 23 heavy (non-hydrogen) atoms. The minimum absolute atomic E-state index is 0.141. The molecule has 4 nitrogen and oxygen atoms in total. The van der Waals surface area contributed by atoms with Gasteiger partial charge in [0, 0.05) is 8.95 Å². The second-order valence-electron chi connectivity index (χ2n) is 4.85. The van der Waals surface area contributed by atoms with Crippen LogP contribution in [0.15, 0.2) is 49.1 Å². The Labute approximate surface area is 154 Å². The van der Waals surface area contributed by atoms with Gasteiger partial charge in [0.05, 0.1) is 22.7 Å². The van der Waals surface area contributed by atoms with Crippen molar-refractivity contribution in [1.29, 1.82) is 0 Å². The zero-order valence-corrected chi connectivity index (χ0v) is 16.1. The first-order valence-electron chi connectivity index (χ1n) is 6.78. The third-order valence-electron chi connectivity index (χ3n) is 3.16. The summed E-state index contributed by atoms with van der Waals surface area (Å²) in [4.78, 5) is 17.7. The van der Waals surface area contributed by atoms with Crippen LogP contribution in [0, 0.1) is 6.92 Å². The highest BCUT2D eigenvalue weighted by molar-refractivity contribution is 9.11. The molecule has 0 aliphatic carbocycles. The van der Waals surface area contributed by atoms with E-state index >= 15 is 0 Å². The maximum absolute atomic E-state index is 12.3. The van der Waals surface area contributed by atoms with Gasteiger partial charge in [-0.2, -0.15) is 0 Å². The normalized spacial score (nSPS) is 10.7. The van der Waals surface area contributed by atoms with Gasteiger partial charge in [-0.3, -0.25) is 4.79 Å². The molecule has 0 unspecified atom stereocenters. The number of carbonyl (C=O) groups excluding carboxylic acids is 1. The fourth-order valence-electron chi connectivity index (χ4n) is 2.04. The smallest absolute Gasteiger partial charge is 0.236 e. The molecular formula is C16H12Br2N2O2S. The third kappa shape index (κ3) is 3.91. The number of hydrogen-bond donors (Lipinski definition) is 1. The van der Waals surface area contributed by atoms with Crippen molar-refractivity contribution in [2.45, 2.75) is 13.3 Å². The van der Waals surface area contributed by atoms with Gasteiger partial charge >= 0.3 is 0 Å². The molecule has 3 rings (SSSR count). The Morgan fingerprint density at radius 3 is 2.91 bits per heavy atom. The number of halogens is 2. The molecule has 3 aromatic rings. The number of aryl methyl sites for hydroxylation is 1. The van der Waals surface area contributed by atoms with Crippen molar-refractivity contribution in [1.82, 2.24) is 4.98 Å². The zero-order valence-electron chi connectivity index (χ0n) is 12.1. The van der Waals surface area contributed by atoms with E-state index in [0.29, 0.717) is 23.0 Å². The van der Waals surface area contributed by atoms with Crippen molar-refractivity contribution in [3.8, 4) is 10.8 Å². The standard InChI is InChI=1S/C16H12Br2N2O2S/c1-9-12(20-16(22-9)14-3-2-6-23-14)8-15(21)19-13-7-10(17)4-5-11(13)18/h2-7H,8H2,1H3,(H,19,21). The minimum Gasteiger partial charge on any atom is -0.440 e. The highest BCUT2D eigenvalue weighted by Crippen LogP contribution is 2.28. The van der Waals surface area contributed by atoms with E-state index in [1.807, 2.05) is 42.6 Å². The van der Waals surface area contributed by atoms with Crippen LogP contribution in [0.4, 0.5) is 5.69 Å². The summed E-state index contributed by atoms with van der Waals surface area (Å²) in [5.74, 6) is 1.08. The molecule has 1 aromatic carbocycles. The van der Waals surface area contributed by atoms with E-state index < -0.39 is 0 Å². The lowest BCUT2D eigenvalue weighted by Gasteiger charge is -2.07. The number of nitrogens with one attached hydrogen (secondary N) is 1. The predicted octanol–water partition coefficient (Wildman–Crippen LogP) is 5.42. The van der Waals surface area contributed by atoms with Gasteiger partial charge in [-0.05, 0) is 52.5 Å². The summed E-state index contributed by atoms with van der Waals surface area (Å²) >= 11 is 8.37. The van der Waals surface area contributed by atoms with Crippen LogP contribution in [0.3, 0.4) is 0 Å². The van der Waals surface area contributed by atoms with Crippen molar-refractivity contribution in [3.05, 3.63) is 56.1 Å². The summed E-state index contributed by atoms with van der Waals surface area (Å²) in [5.41, 5.74) is 1.36. The van der Waals surface area contributed by atoms with Gasteiger partial charge < -0.3 is 9.73 Å². The van der Waals surface area contributed by atoms with Crippen molar-refractivity contribution < 1.29 is 9.21 Å². The fourth-order valence-corrected chi connectivity index (χ4v) is 3.39. The number of rotatable bonds is 4. The quantitative estimate of drug-likeness (QED) is 0.571. The molecule has 0 aliphatic rings. The van der Waals surface area contributed by atoms with E-state index in [-0.39, 0.29) is 12.3 Å². The lowest BCUT2D eigenvalue weighted by Crippen LogP contribution is -2.15. The number of nitrogens with zero attached hydrogens (tertiary/aromatic N) is 1. The molecule has 0 bridgehead atoms. The van der Waals surface area contributed by atoms with E-state index in [0.717, 1.165) is 13.8 Å². The second-order valence-corrected chi connectivity index (χ2v) is 7.57. The first kappa shape index (κ1) is 16.4. The van der Waals surface area contributed by atoms with Crippen molar-refractivity contribution in [2.24, 2.45) is 0 Å². The number of hydrogen-bond acceptors (Lipinski definition) is 4. The van der Waals surface area contributed by atoms with Gasteiger partial charge in [0.25, 0.3) is 0 Å². The summed E-state index contributed by atoms with van der Waals surface area (Å²) in [5, 5.41) is 4.84. The summed E-state index contributed by atoms with van der Waals surface area (Å²) in [6, 6.07) is 9.49. The first-order valence-corrected chi connectivity index (χ1v) is 9.24. The second kappa shape index (κ2) is 6.98. The molecule has 0 spiro atoms. The Morgan fingerprint density at radius 1 is 1.35 bits per heavy atom. The zero-order chi connectivity index (χ0) is 16.4. The maximum Gasteiger partial charge on any atom is 0.236 e. The summed E-state index contributed by atoms with van der Waals surface area (Å²) in [6.45, 7) is 1.82. The molecule has 0 fully saturated rings. The molecule has 7 heteroatoms. The average molecular weight is 456 g/mol. The fraction of sp³-hybridized carbons (Fsp3) is 0.125. The molecule has 2 aromatic heterocycles. The van der Waals surface area contributed by atoms with Crippen molar-refractivity contribution in [3.63, 3.8) is 0 Å². The van der Waals surface area contributed by atoms with Crippen LogP contribution in [-0.4, -0.2) is 10.9 Å². The molecule has 0 radical (unpaired) electrons. The van der Waals surface area contributed by atoms with Gasteiger partial charge in [-0.1, -0.05) is 22.0 Å². The summed E-state index contributed by atoms with van der Waals surface area (Å²) < 4.78 is 7.38. The number of anilines is 1. The Kier molecular flexibility index (Phi) is 4.99. The van der Waals surface area contributed by atoms with E-state index in [4.69, 9.17) is 4.42 Å². The number of thiophene rings is 1. The van der Waals surface area contributed by atoms with Crippen LogP contribution in [0.2, 0.25) is 0 Å². The molecular weight excluding hydrogens is 444 g/mol. The first-order chi connectivity index (χ1) is 11.0. The van der Waals surface area contributed by atoms with Gasteiger partial charge in [-0.15, -0.1) is 11.3 Å². The van der Waals surface area contributed by atoms with E-state index in [2.05, 4.69) is 42.2 Å². The van der Waals surface area contributed by atoms with Crippen LogP contribution < -0.4 is 5.32 Å². The summed E-state index contributed by atoms with van der Waals surface area (Å²) in [7, 11) is 0. The predicted molar refractivity (Wildman–Crippen MR) is 98.7 cm³/mol. The molecule has 1 N–H and O–H groups in total. The van der Waals surface area contributed by atoms with Crippen LogP contribution in [0.5, 0.6) is 0 Å². The highest BCUT2D eigenvalue weighted by Gasteiger charge is 2.16. The van der Waals surface area contributed by atoms with Crippen LogP contribution in [0.25, 0.3) is 10.8 Å². The largest absolute Gasteiger partial charge is 0.440 e.